The maximum absolute atomic E-state index is 12.6. The Morgan fingerprint density at radius 1 is 1.44 bits per heavy atom. The second kappa shape index (κ2) is 7.33. The zero-order chi connectivity index (χ0) is 17.8. The fourth-order valence-corrected chi connectivity index (χ4v) is 3.24. The van der Waals surface area contributed by atoms with Crippen molar-refractivity contribution in [2.75, 3.05) is 20.2 Å². The monoisotopic (exact) mass is 344 g/mol. The molecule has 0 radical (unpaired) electrons. The van der Waals surface area contributed by atoms with E-state index in [1.165, 1.54) is 5.56 Å². The molecule has 1 atom stereocenters. The molecular formula is C17H20N4O4. The number of carbonyl (C=O) groups excluding carboxylic acids is 1. The van der Waals surface area contributed by atoms with Crippen molar-refractivity contribution in [1.29, 1.82) is 0 Å². The Morgan fingerprint density at radius 2 is 2.20 bits per heavy atom. The van der Waals surface area contributed by atoms with E-state index in [4.69, 9.17) is 4.74 Å². The molecule has 2 aromatic rings. The summed E-state index contributed by atoms with van der Waals surface area (Å²) < 4.78 is 5.16. The first-order chi connectivity index (χ1) is 12.1. The Balaban J connectivity index is 1.66. The molecular weight excluding hydrogens is 324 g/mol. The van der Waals surface area contributed by atoms with Gasteiger partial charge < -0.3 is 9.64 Å². The molecule has 0 spiro atoms. The van der Waals surface area contributed by atoms with Crippen LogP contribution in [0.4, 0.5) is 5.69 Å². The topological polar surface area (TPSA) is 101 Å². The maximum Gasteiger partial charge on any atom is 0.319 e. The van der Waals surface area contributed by atoms with Gasteiger partial charge in [0.2, 0.25) is 5.69 Å². The van der Waals surface area contributed by atoms with Crippen LogP contribution in [0.3, 0.4) is 0 Å². The second-order valence-corrected chi connectivity index (χ2v) is 6.20. The van der Waals surface area contributed by atoms with E-state index in [-0.39, 0.29) is 17.3 Å². The number of aromatic nitrogens is 2. The van der Waals surface area contributed by atoms with Gasteiger partial charge in [-0.1, -0.05) is 12.1 Å². The lowest BCUT2D eigenvalue weighted by atomic mass is 9.91. The van der Waals surface area contributed by atoms with E-state index < -0.39 is 4.92 Å². The fourth-order valence-electron chi connectivity index (χ4n) is 3.24. The minimum Gasteiger partial charge on any atom is -0.497 e. The summed E-state index contributed by atoms with van der Waals surface area (Å²) in [4.78, 5) is 24.7. The first-order valence-electron chi connectivity index (χ1n) is 8.18. The predicted molar refractivity (Wildman–Crippen MR) is 90.6 cm³/mol. The molecule has 25 heavy (non-hydrogen) atoms. The van der Waals surface area contributed by atoms with E-state index in [0.717, 1.165) is 31.2 Å². The zero-order valence-electron chi connectivity index (χ0n) is 14.0. The Labute approximate surface area is 144 Å². The molecule has 1 aromatic heterocycles. The highest BCUT2D eigenvalue weighted by atomic mass is 16.6. The molecule has 1 fully saturated rings. The van der Waals surface area contributed by atoms with Crippen molar-refractivity contribution < 1.29 is 14.5 Å². The number of hydrogen-bond donors (Lipinski definition) is 1. The smallest absolute Gasteiger partial charge is 0.319 e. The molecule has 8 nitrogen and oxygen atoms in total. The Bertz CT molecular complexity index is 756. The molecule has 1 aliphatic heterocycles. The van der Waals surface area contributed by atoms with Crippen molar-refractivity contribution in [1.82, 2.24) is 15.1 Å². The number of carbonyl (C=O) groups is 1. The number of H-pyrrole nitrogens is 1. The largest absolute Gasteiger partial charge is 0.497 e. The lowest BCUT2D eigenvalue weighted by Crippen LogP contribution is -2.40. The molecule has 0 bridgehead atoms. The number of aromatic amines is 1. The van der Waals surface area contributed by atoms with Crippen LogP contribution in [0.25, 0.3) is 0 Å². The van der Waals surface area contributed by atoms with Crippen LogP contribution in [0, 0.1) is 16.0 Å². The third kappa shape index (κ3) is 3.78. The number of nitrogens with zero attached hydrogens (tertiary/aromatic N) is 3. The Hall–Kier alpha value is -2.90. The van der Waals surface area contributed by atoms with Crippen molar-refractivity contribution in [3.8, 4) is 5.75 Å². The van der Waals surface area contributed by atoms with Crippen LogP contribution in [-0.2, 0) is 6.42 Å². The average Bonchev–Trinajstić information content (AvgIpc) is 3.12. The number of nitro groups is 1. The average molecular weight is 344 g/mol. The van der Waals surface area contributed by atoms with Crippen molar-refractivity contribution >= 4 is 11.6 Å². The van der Waals surface area contributed by atoms with Gasteiger partial charge in [-0.3, -0.25) is 20.0 Å². The zero-order valence-corrected chi connectivity index (χ0v) is 14.0. The molecule has 1 saturated heterocycles. The summed E-state index contributed by atoms with van der Waals surface area (Å²) in [5.74, 6) is 0.785. The summed E-state index contributed by atoms with van der Waals surface area (Å²) in [6.45, 7) is 1.19. The Morgan fingerprint density at radius 3 is 2.88 bits per heavy atom. The number of nitrogens with one attached hydrogen (secondary N) is 1. The van der Waals surface area contributed by atoms with Gasteiger partial charge in [-0.2, -0.15) is 5.10 Å². The molecule has 2 heterocycles. The van der Waals surface area contributed by atoms with Gasteiger partial charge in [-0.05, 0) is 42.9 Å². The highest BCUT2D eigenvalue weighted by Crippen LogP contribution is 2.25. The number of piperidine rings is 1. The molecule has 1 aromatic carbocycles. The second-order valence-electron chi connectivity index (χ2n) is 6.20. The molecule has 3 rings (SSSR count). The van der Waals surface area contributed by atoms with E-state index >= 15 is 0 Å². The number of rotatable bonds is 5. The van der Waals surface area contributed by atoms with Crippen LogP contribution >= 0.6 is 0 Å². The van der Waals surface area contributed by atoms with Gasteiger partial charge in [0.25, 0.3) is 5.91 Å². The summed E-state index contributed by atoms with van der Waals surface area (Å²) in [5.41, 5.74) is 0.866. The fraction of sp³-hybridized carbons (Fsp3) is 0.412. The minimum absolute atomic E-state index is 0.0462. The highest BCUT2D eigenvalue weighted by Gasteiger charge is 2.30. The van der Waals surface area contributed by atoms with Crippen LogP contribution in [0.15, 0.2) is 30.5 Å². The van der Waals surface area contributed by atoms with E-state index in [0.29, 0.717) is 19.0 Å². The normalized spacial score (nSPS) is 17.3. The maximum atomic E-state index is 12.6. The lowest BCUT2D eigenvalue weighted by Gasteiger charge is -2.32. The van der Waals surface area contributed by atoms with Gasteiger partial charge in [-0.15, -0.1) is 0 Å². The molecule has 0 saturated carbocycles. The van der Waals surface area contributed by atoms with Crippen LogP contribution in [0.5, 0.6) is 5.75 Å². The number of likely N-dealkylation sites (tertiary alicyclic amines) is 1. The minimum atomic E-state index is -0.588. The number of hydrogen-bond acceptors (Lipinski definition) is 5. The standard InChI is InChI=1S/C17H20N4O4/c1-25-14-6-4-12(5-7-14)9-13-3-2-8-20(11-13)17(22)16-15(21(23)24)10-18-19-16/h4-7,10,13H,2-3,8-9,11H2,1H3,(H,18,19)/t13-/m1/s1. The number of ether oxygens (including phenoxy) is 1. The molecule has 8 heteroatoms. The van der Waals surface area contributed by atoms with Crippen molar-refractivity contribution in [2.24, 2.45) is 5.92 Å². The number of benzene rings is 1. The van der Waals surface area contributed by atoms with Gasteiger partial charge in [0.15, 0.2) is 0 Å². The molecule has 132 valence electrons. The third-order valence-corrected chi connectivity index (χ3v) is 4.52. The van der Waals surface area contributed by atoms with Gasteiger partial charge in [-0.25, -0.2) is 0 Å². The summed E-state index contributed by atoms with van der Waals surface area (Å²) in [7, 11) is 1.63. The highest BCUT2D eigenvalue weighted by molar-refractivity contribution is 5.96. The van der Waals surface area contributed by atoms with Gasteiger partial charge in [0.1, 0.15) is 11.9 Å². The summed E-state index contributed by atoms with van der Waals surface area (Å²) in [6.07, 6.45) is 3.85. The van der Waals surface area contributed by atoms with E-state index in [1.807, 2.05) is 24.3 Å². The van der Waals surface area contributed by atoms with Crippen LogP contribution < -0.4 is 4.74 Å². The van der Waals surface area contributed by atoms with Crippen LogP contribution in [0.2, 0.25) is 0 Å². The summed E-state index contributed by atoms with van der Waals surface area (Å²) in [6, 6.07) is 7.91. The molecule has 1 N–H and O–H groups in total. The van der Waals surface area contributed by atoms with Gasteiger partial charge in [0.05, 0.1) is 12.0 Å². The summed E-state index contributed by atoms with van der Waals surface area (Å²) in [5, 5.41) is 17.1. The van der Waals surface area contributed by atoms with Crippen molar-refractivity contribution in [2.45, 2.75) is 19.3 Å². The van der Waals surface area contributed by atoms with Crippen molar-refractivity contribution in [3.63, 3.8) is 0 Å². The van der Waals surface area contributed by atoms with Crippen LogP contribution in [-0.4, -0.2) is 46.1 Å². The quantitative estimate of drug-likeness (QED) is 0.663. The van der Waals surface area contributed by atoms with Gasteiger partial charge in [0, 0.05) is 13.1 Å². The van der Waals surface area contributed by atoms with E-state index in [2.05, 4.69) is 10.2 Å². The summed E-state index contributed by atoms with van der Waals surface area (Å²) >= 11 is 0. The first-order valence-corrected chi connectivity index (χ1v) is 8.18. The molecule has 1 amide bonds. The first kappa shape index (κ1) is 16.9. The Kier molecular flexibility index (Phi) is 4.97. The SMILES string of the molecule is COc1ccc(C[C@H]2CCCN(C(=O)c3[nH]ncc3[N+](=O)[O-])C2)cc1. The molecule has 0 aliphatic carbocycles. The van der Waals surface area contributed by atoms with E-state index in [9.17, 15) is 14.9 Å². The lowest BCUT2D eigenvalue weighted by molar-refractivity contribution is -0.385. The van der Waals surface area contributed by atoms with E-state index in [1.54, 1.807) is 12.0 Å². The van der Waals surface area contributed by atoms with Crippen molar-refractivity contribution in [3.05, 3.63) is 51.8 Å². The number of methoxy groups -OCH3 is 1. The molecule has 0 unspecified atom stereocenters. The number of amides is 1. The predicted octanol–water partition coefficient (Wildman–Crippen LogP) is 2.42. The third-order valence-electron chi connectivity index (χ3n) is 4.52. The van der Waals surface area contributed by atoms with Gasteiger partial charge >= 0.3 is 5.69 Å². The van der Waals surface area contributed by atoms with Crippen LogP contribution in [0.1, 0.15) is 28.9 Å². The molecule has 1 aliphatic rings.